The van der Waals surface area contributed by atoms with Gasteiger partial charge in [0.25, 0.3) is 5.91 Å². The highest BCUT2D eigenvalue weighted by atomic mass is 19.1. The maximum atomic E-state index is 13.6. The van der Waals surface area contributed by atoms with Crippen molar-refractivity contribution in [3.63, 3.8) is 0 Å². The highest BCUT2D eigenvalue weighted by Crippen LogP contribution is 2.18. The largest absolute Gasteiger partial charge is 0.319 e. The summed E-state index contributed by atoms with van der Waals surface area (Å²) in [5, 5.41) is 2.53. The number of hydrogen-bond acceptors (Lipinski definition) is 3. The number of hydrogen-bond donors (Lipinski definition) is 1. The van der Waals surface area contributed by atoms with E-state index in [1.165, 1.54) is 18.3 Å². The third-order valence-electron chi connectivity index (χ3n) is 3.38. The third kappa shape index (κ3) is 3.23. The first-order valence-electron chi connectivity index (χ1n) is 7.10. The molecule has 0 saturated heterocycles. The molecule has 0 radical (unpaired) electrons. The summed E-state index contributed by atoms with van der Waals surface area (Å²) in [5.74, 6) is -0.377. The van der Waals surface area contributed by atoms with Gasteiger partial charge in [-0.1, -0.05) is 42.5 Å². The Bertz CT molecular complexity index is 850. The van der Waals surface area contributed by atoms with Gasteiger partial charge in [-0.3, -0.25) is 4.79 Å². The molecule has 0 unspecified atom stereocenters. The van der Waals surface area contributed by atoms with Gasteiger partial charge in [-0.15, -0.1) is 0 Å². The van der Waals surface area contributed by atoms with Gasteiger partial charge in [0.05, 0.1) is 16.9 Å². The van der Waals surface area contributed by atoms with E-state index in [2.05, 4.69) is 15.3 Å². The van der Waals surface area contributed by atoms with Crippen LogP contribution in [0.15, 0.2) is 60.8 Å². The lowest BCUT2D eigenvalue weighted by Gasteiger charge is -2.09. The van der Waals surface area contributed by atoms with Gasteiger partial charge in [-0.25, -0.2) is 14.4 Å². The Hall–Kier alpha value is -3.08. The third-order valence-corrected chi connectivity index (χ3v) is 3.38. The quantitative estimate of drug-likeness (QED) is 0.799. The number of carbonyl (C=O) groups is 1. The van der Waals surface area contributed by atoms with Gasteiger partial charge < -0.3 is 5.32 Å². The van der Waals surface area contributed by atoms with Crippen LogP contribution in [0.4, 0.5) is 10.1 Å². The summed E-state index contributed by atoms with van der Waals surface area (Å²) in [6.45, 7) is 1.73. The van der Waals surface area contributed by atoms with Crippen LogP contribution in [-0.4, -0.2) is 15.9 Å². The fourth-order valence-electron chi connectivity index (χ4n) is 2.17. The standard InChI is InChI=1S/C18H14FN3O/c1-12-14(18(23)22-16-10-6-5-9-15(16)19)11-20-17(21-12)13-7-3-2-4-8-13/h2-11H,1H3,(H,22,23). The second-order valence-electron chi connectivity index (χ2n) is 4.99. The molecule has 0 atom stereocenters. The summed E-state index contributed by atoms with van der Waals surface area (Å²) in [5.41, 5.74) is 1.85. The molecule has 0 aliphatic rings. The molecule has 1 N–H and O–H groups in total. The topological polar surface area (TPSA) is 54.9 Å². The molecule has 1 aromatic heterocycles. The molecule has 0 aliphatic heterocycles. The Labute approximate surface area is 133 Å². The van der Waals surface area contributed by atoms with Crippen LogP contribution in [0, 0.1) is 12.7 Å². The van der Waals surface area contributed by atoms with Crippen LogP contribution < -0.4 is 5.32 Å². The van der Waals surface area contributed by atoms with Crippen molar-refractivity contribution in [1.29, 1.82) is 0 Å². The van der Waals surface area contributed by atoms with Crippen molar-refractivity contribution in [2.45, 2.75) is 6.92 Å². The number of nitrogens with one attached hydrogen (secondary N) is 1. The van der Waals surface area contributed by atoms with Gasteiger partial charge in [0, 0.05) is 11.8 Å². The van der Waals surface area contributed by atoms with Gasteiger partial charge in [-0.2, -0.15) is 0 Å². The number of halogens is 1. The zero-order valence-electron chi connectivity index (χ0n) is 12.5. The summed E-state index contributed by atoms with van der Waals surface area (Å²) in [6.07, 6.45) is 1.46. The molecule has 0 bridgehead atoms. The van der Waals surface area contributed by atoms with Crippen molar-refractivity contribution in [2.24, 2.45) is 0 Å². The molecular weight excluding hydrogens is 293 g/mol. The average Bonchev–Trinajstić information content (AvgIpc) is 2.57. The number of benzene rings is 2. The number of nitrogens with zero attached hydrogens (tertiary/aromatic N) is 2. The lowest BCUT2D eigenvalue weighted by Crippen LogP contribution is -2.15. The van der Waals surface area contributed by atoms with E-state index in [0.29, 0.717) is 17.1 Å². The van der Waals surface area contributed by atoms with E-state index in [9.17, 15) is 9.18 Å². The SMILES string of the molecule is Cc1nc(-c2ccccc2)ncc1C(=O)Nc1ccccc1F. The number of rotatable bonds is 3. The number of carbonyl (C=O) groups excluding carboxylic acids is 1. The average molecular weight is 307 g/mol. The summed E-state index contributed by atoms with van der Waals surface area (Å²) >= 11 is 0. The predicted molar refractivity (Wildman–Crippen MR) is 86.6 cm³/mol. The molecule has 3 aromatic rings. The van der Waals surface area contributed by atoms with Crippen molar-refractivity contribution in [1.82, 2.24) is 9.97 Å². The lowest BCUT2D eigenvalue weighted by molar-refractivity contribution is 0.102. The zero-order chi connectivity index (χ0) is 16.2. The Morgan fingerprint density at radius 1 is 1.04 bits per heavy atom. The highest BCUT2D eigenvalue weighted by Gasteiger charge is 2.14. The van der Waals surface area contributed by atoms with Gasteiger partial charge in [0.1, 0.15) is 5.82 Å². The minimum Gasteiger partial charge on any atom is -0.319 e. The molecule has 0 fully saturated rings. The Morgan fingerprint density at radius 2 is 1.74 bits per heavy atom. The Morgan fingerprint density at radius 3 is 2.43 bits per heavy atom. The minimum absolute atomic E-state index is 0.129. The smallest absolute Gasteiger partial charge is 0.259 e. The zero-order valence-corrected chi connectivity index (χ0v) is 12.5. The Balaban J connectivity index is 1.86. The van der Waals surface area contributed by atoms with Crippen LogP contribution in [0.5, 0.6) is 0 Å². The molecule has 0 saturated carbocycles. The van der Waals surface area contributed by atoms with Gasteiger partial charge >= 0.3 is 0 Å². The van der Waals surface area contributed by atoms with Crippen LogP contribution in [-0.2, 0) is 0 Å². The van der Waals surface area contributed by atoms with Crippen LogP contribution in [0.25, 0.3) is 11.4 Å². The van der Waals surface area contributed by atoms with E-state index in [4.69, 9.17) is 0 Å². The van der Waals surface area contributed by atoms with Crippen LogP contribution in [0.3, 0.4) is 0 Å². The summed E-state index contributed by atoms with van der Waals surface area (Å²) in [4.78, 5) is 20.9. The Kier molecular flexibility index (Phi) is 4.10. The first-order valence-corrected chi connectivity index (χ1v) is 7.10. The number of aryl methyl sites for hydroxylation is 1. The molecular formula is C18H14FN3O. The second kappa shape index (κ2) is 6.36. The fraction of sp³-hybridized carbons (Fsp3) is 0.0556. The van der Waals surface area contributed by atoms with E-state index >= 15 is 0 Å². The van der Waals surface area contributed by atoms with Crippen molar-refractivity contribution in [2.75, 3.05) is 5.32 Å². The predicted octanol–water partition coefficient (Wildman–Crippen LogP) is 3.84. The van der Waals surface area contributed by atoms with Crippen LogP contribution in [0.2, 0.25) is 0 Å². The molecule has 4 nitrogen and oxygen atoms in total. The van der Waals surface area contributed by atoms with E-state index < -0.39 is 11.7 Å². The minimum atomic E-state index is -0.486. The molecule has 0 spiro atoms. The number of amides is 1. The van der Waals surface area contributed by atoms with Crippen molar-refractivity contribution < 1.29 is 9.18 Å². The summed E-state index contributed by atoms with van der Waals surface area (Å²) in [7, 11) is 0. The van der Waals surface area contributed by atoms with Crippen LogP contribution in [0.1, 0.15) is 16.1 Å². The molecule has 3 rings (SSSR count). The van der Waals surface area contributed by atoms with Crippen molar-refractivity contribution in [3.05, 3.63) is 77.9 Å². The molecule has 5 heteroatoms. The van der Waals surface area contributed by atoms with E-state index in [0.717, 1.165) is 5.56 Å². The normalized spacial score (nSPS) is 10.3. The highest BCUT2D eigenvalue weighted by molar-refractivity contribution is 6.04. The van der Waals surface area contributed by atoms with E-state index in [-0.39, 0.29) is 5.69 Å². The number of aromatic nitrogens is 2. The molecule has 23 heavy (non-hydrogen) atoms. The lowest BCUT2D eigenvalue weighted by atomic mass is 10.2. The first kappa shape index (κ1) is 14.8. The van der Waals surface area contributed by atoms with Gasteiger partial charge in [0.15, 0.2) is 5.82 Å². The summed E-state index contributed by atoms with van der Waals surface area (Å²) in [6, 6.07) is 15.5. The second-order valence-corrected chi connectivity index (χ2v) is 4.99. The van der Waals surface area contributed by atoms with Crippen molar-refractivity contribution in [3.8, 4) is 11.4 Å². The molecule has 2 aromatic carbocycles. The number of anilines is 1. The summed E-state index contributed by atoms with van der Waals surface area (Å²) < 4.78 is 13.6. The molecule has 114 valence electrons. The van der Waals surface area contributed by atoms with E-state index in [1.54, 1.807) is 19.1 Å². The van der Waals surface area contributed by atoms with Gasteiger partial charge in [-0.05, 0) is 19.1 Å². The number of para-hydroxylation sites is 1. The van der Waals surface area contributed by atoms with E-state index in [1.807, 2.05) is 30.3 Å². The molecule has 0 aliphatic carbocycles. The first-order chi connectivity index (χ1) is 11.1. The fourth-order valence-corrected chi connectivity index (χ4v) is 2.17. The maximum absolute atomic E-state index is 13.6. The molecule has 1 heterocycles. The van der Waals surface area contributed by atoms with Crippen LogP contribution >= 0.6 is 0 Å². The molecule has 1 amide bonds. The van der Waals surface area contributed by atoms with Crippen molar-refractivity contribution >= 4 is 11.6 Å². The monoisotopic (exact) mass is 307 g/mol. The van der Waals surface area contributed by atoms with Gasteiger partial charge in [0.2, 0.25) is 0 Å². The maximum Gasteiger partial charge on any atom is 0.259 e.